The quantitative estimate of drug-likeness (QED) is 0.777. The Kier molecular flexibility index (Phi) is 4.61. The van der Waals surface area contributed by atoms with Crippen molar-refractivity contribution in [2.24, 2.45) is 5.92 Å². The summed E-state index contributed by atoms with van der Waals surface area (Å²) in [5.41, 5.74) is 0. The zero-order valence-electron chi connectivity index (χ0n) is 8.84. The number of nitrogens with one attached hydrogen (secondary N) is 1. The van der Waals surface area contributed by atoms with Crippen molar-refractivity contribution in [2.75, 3.05) is 31.3 Å². The first kappa shape index (κ1) is 10.8. The van der Waals surface area contributed by atoms with Crippen LogP contribution in [0.3, 0.4) is 0 Å². The van der Waals surface area contributed by atoms with Crippen LogP contribution in [-0.2, 0) is 4.74 Å². The molecule has 2 heterocycles. The number of ether oxygens (including phenoxy) is 1. The summed E-state index contributed by atoms with van der Waals surface area (Å²) in [4.78, 5) is 0. The standard InChI is InChI=1S/C11H21NOS/c1-5-13-6-2-11(1)12-9-10-3-7-14-8-4-10/h10-12H,1-9H2. The van der Waals surface area contributed by atoms with E-state index >= 15 is 0 Å². The highest BCUT2D eigenvalue weighted by Gasteiger charge is 2.17. The van der Waals surface area contributed by atoms with Gasteiger partial charge >= 0.3 is 0 Å². The molecule has 82 valence electrons. The molecule has 1 N–H and O–H groups in total. The fourth-order valence-corrected chi connectivity index (χ4v) is 3.39. The SMILES string of the molecule is C1CC(NCC2CCSCC2)CCO1. The van der Waals surface area contributed by atoms with Crippen molar-refractivity contribution in [2.45, 2.75) is 31.7 Å². The second-order valence-corrected chi connectivity index (χ2v) is 5.58. The predicted octanol–water partition coefficient (Wildman–Crippen LogP) is 1.90. The van der Waals surface area contributed by atoms with E-state index in [1.165, 1.54) is 43.7 Å². The van der Waals surface area contributed by atoms with Gasteiger partial charge in [0, 0.05) is 19.3 Å². The van der Waals surface area contributed by atoms with Gasteiger partial charge in [0.2, 0.25) is 0 Å². The van der Waals surface area contributed by atoms with Crippen LogP contribution in [0, 0.1) is 5.92 Å². The third kappa shape index (κ3) is 3.44. The molecule has 0 aliphatic carbocycles. The molecule has 0 amide bonds. The molecule has 0 atom stereocenters. The van der Waals surface area contributed by atoms with E-state index in [1.807, 2.05) is 0 Å². The first-order chi connectivity index (χ1) is 6.95. The summed E-state index contributed by atoms with van der Waals surface area (Å²) in [7, 11) is 0. The topological polar surface area (TPSA) is 21.3 Å². The average molecular weight is 215 g/mol. The predicted molar refractivity (Wildman–Crippen MR) is 61.9 cm³/mol. The molecular weight excluding hydrogens is 194 g/mol. The molecule has 0 spiro atoms. The summed E-state index contributed by atoms with van der Waals surface area (Å²) in [6, 6.07) is 0.735. The highest BCUT2D eigenvalue weighted by molar-refractivity contribution is 7.99. The van der Waals surface area contributed by atoms with Gasteiger partial charge in [0.05, 0.1) is 0 Å². The second-order valence-electron chi connectivity index (χ2n) is 4.35. The molecular formula is C11H21NOS. The monoisotopic (exact) mass is 215 g/mol. The summed E-state index contributed by atoms with van der Waals surface area (Å²) in [6.45, 7) is 3.15. The van der Waals surface area contributed by atoms with Gasteiger partial charge in [-0.15, -0.1) is 0 Å². The molecule has 0 aromatic rings. The van der Waals surface area contributed by atoms with Crippen LogP contribution in [0.2, 0.25) is 0 Å². The van der Waals surface area contributed by atoms with Crippen LogP contribution in [0.4, 0.5) is 0 Å². The summed E-state index contributed by atoms with van der Waals surface area (Å²) >= 11 is 2.11. The zero-order valence-corrected chi connectivity index (χ0v) is 9.65. The fraction of sp³-hybridized carbons (Fsp3) is 1.00. The van der Waals surface area contributed by atoms with E-state index in [4.69, 9.17) is 4.74 Å². The molecule has 2 rings (SSSR count). The minimum absolute atomic E-state index is 0.735. The minimum Gasteiger partial charge on any atom is -0.381 e. The average Bonchev–Trinajstić information content (AvgIpc) is 2.29. The van der Waals surface area contributed by atoms with Gasteiger partial charge in [0.1, 0.15) is 0 Å². The van der Waals surface area contributed by atoms with Crippen LogP contribution in [0.1, 0.15) is 25.7 Å². The molecule has 0 radical (unpaired) electrons. The Morgan fingerprint density at radius 1 is 1.07 bits per heavy atom. The Hall–Kier alpha value is 0.270. The first-order valence-electron chi connectivity index (χ1n) is 5.84. The largest absolute Gasteiger partial charge is 0.381 e. The van der Waals surface area contributed by atoms with E-state index in [2.05, 4.69) is 17.1 Å². The Morgan fingerprint density at radius 2 is 1.79 bits per heavy atom. The van der Waals surface area contributed by atoms with Crippen LogP contribution >= 0.6 is 11.8 Å². The fourth-order valence-electron chi connectivity index (χ4n) is 2.19. The smallest absolute Gasteiger partial charge is 0.0480 e. The lowest BCUT2D eigenvalue weighted by atomic mass is 10.0. The van der Waals surface area contributed by atoms with Crippen molar-refractivity contribution in [3.8, 4) is 0 Å². The summed E-state index contributed by atoms with van der Waals surface area (Å²) in [5, 5.41) is 3.70. The van der Waals surface area contributed by atoms with E-state index in [0.717, 1.165) is 25.2 Å². The molecule has 2 aliphatic rings. The summed E-state index contributed by atoms with van der Waals surface area (Å²) in [5.74, 6) is 3.69. The third-order valence-electron chi connectivity index (χ3n) is 3.26. The van der Waals surface area contributed by atoms with E-state index in [0.29, 0.717) is 0 Å². The molecule has 0 aromatic carbocycles. The second kappa shape index (κ2) is 5.99. The van der Waals surface area contributed by atoms with Crippen molar-refractivity contribution < 1.29 is 4.74 Å². The van der Waals surface area contributed by atoms with Crippen molar-refractivity contribution >= 4 is 11.8 Å². The van der Waals surface area contributed by atoms with Gasteiger partial charge in [-0.05, 0) is 49.7 Å². The van der Waals surface area contributed by atoms with Crippen molar-refractivity contribution in [3.05, 3.63) is 0 Å². The number of thioether (sulfide) groups is 1. The molecule has 3 heteroatoms. The Morgan fingerprint density at radius 3 is 2.50 bits per heavy atom. The molecule has 2 aliphatic heterocycles. The van der Waals surface area contributed by atoms with Crippen LogP contribution in [-0.4, -0.2) is 37.3 Å². The van der Waals surface area contributed by atoms with Gasteiger partial charge < -0.3 is 10.1 Å². The first-order valence-corrected chi connectivity index (χ1v) is 6.99. The van der Waals surface area contributed by atoms with Crippen LogP contribution in [0.25, 0.3) is 0 Å². The lowest BCUT2D eigenvalue weighted by molar-refractivity contribution is 0.0768. The van der Waals surface area contributed by atoms with E-state index in [-0.39, 0.29) is 0 Å². The molecule has 0 aromatic heterocycles. The normalized spacial score (nSPS) is 26.6. The van der Waals surface area contributed by atoms with Crippen LogP contribution < -0.4 is 5.32 Å². The Bertz CT molecular complexity index is 135. The van der Waals surface area contributed by atoms with E-state index in [9.17, 15) is 0 Å². The van der Waals surface area contributed by atoms with Crippen molar-refractivity contribution in [1.82, 2.24) is 5.32 Å². The van der Waals surface area contributed by atoms with Crippen molar-refractivity contribution in [3.63, 3.8) is 0 Å². The van der Waals surface area contributed by atoms with Gasteiger partial charge in [0.15, 0.2) is 0 Å². The highest BCUT2D eigenvalue weighted by Crippen LogP contribution is 2.22. The third-order valence-corrected chi connectivity index (χ3v) is 4.31. The lowest BCUT2D eigenvalue weighted by Crippen LogP contribution is -2.38. The molecule has 0 saturated carbocycles. The van der Waals surface area contributed by atoms with Crippen LogP contribution in [0.15, 0.2) is 0 Å². The highest BCUT2D eigenvalue weighted by atomic mass is 32.2. The minimum atomic E-state index is 0.735. The van der Waals surface area contributed by atoms with Crippen molar-refractivity contribution in [1.29, 1.82) is 0 Å². The number of hydrogen-bond donors (Lipinski definition) is 1. The van der Waals surface area contributed by atoms with Gasteiger partial charge in [0.25, 0.3) is 0 Å². The maximum absolute atomic E-state index is 5.35. The number of hydrogen-bond acceptors (Lipinski definition) is 3. The summed E-state index contributed by atoms with van der Waals surface area (Å²) in [6.07, 6.45) is 5.25. The molecule has 0 unspecified atom stereocenters. The van der Waals surface area contributed by atoms with Gasteiger partial charge in [-0.3, -0.25) is 0 Å². The molecule has 2 saturated heterocycles. The Labute approximate surface area is 91.2 Å². The molecule has 2 fully saturated rings. The molecule has 2 nitrogen and oxygen atoms in total. The zero-order chi connectivity index (χ0) is 9.64. The van der Waals surface area contributed by atoms with Gasteiger partial charge in [-0.2, -0.15) is 11.8 Å². The Balaban J connectivity index is 1.60. The molecule has 14 heavy (non-hydrogen) atoms. The van der Waals surface area contributed by atoms with Crippen LogP contribution in [0.5, 0.6) is 0 Å². The van der Waals surface area contributed by atoms with Gasteiger partial charge in [-0.1, -0.05) is 0 Å². The number of rotatable bonds is 3. The van der Waals surface area contributed by atoms with Gasteiger partial charge in [-0.25, -0.2) is 0 Å². The summed E-state index contributed by atoms with van der Waals surface area (Å²) < 4.78 is 5.35. The molecule has 0 bridgehead atoms. The van der Waals surface area contributed by atoms with E-state index in [1.54, 1.807) is 0 Å². The van der Waals surface area contributed by atoms with E-state index < -0.39 is 0 Å². The lowest BCUT2D eigenvalue weighted by Gasteiger charge is -2.27. The maximum atomic E-state index is 5.35. The maximum Gasteiger partial charge on any atom is 0.0480 e.